The molecule has 2 aliphatic heterocycles. The lowest BCUT2D eigenvalue weighted by Crippen LogP contribution is -2.21. The molecule has 3 atom stereocenters. The molecule has 2 aliphatic rings. The molecule has 21 heavy (non-hydrogen) atoms. The molecule has 4 rings (SSSR count). The van der Waals surface area contributed by atoms with E-state index in [-0.39, 0.29) is 0 Å². The van der Waals surface area contributed by atoms with Crippen LogP contribution in [0.25, 0.3) is 11.1 Å². The van der Waals surface area contributed by atoms with Crippen LogP contribution in [-0.2, 0) is 0 Å². The van der Waals surface area contributed by atoms with Gasteiger partial charge in [0.25, 0.3) is 0 Å². The maximum atomic E-state index is 5.21. The van der Waals surface area contributed by atoms with Gasteiger partial charge in [-0.25, -0.2) is 4.98 Å². The van der Waals surface area contributed by atoms with Gasteiger partial charge in [-0.1, -0.05) is 0 Å². The largest absolute Gasteiger partial charge is 0.481 e. The molecule has 0 aromatic carbocycles. The van der Waals surface area contributed by atoms with Crippen LogP contribution in [0.1, 0.15) is 30.7 Å². The molecule has 1 N–H and O–H groups in total. The van der Waals surface area contributed by atoms with Crippen molar-refractivity contribution in [3.63, 3.8) is 0 Å². The van der Waals surface area contributed by atoms with Gasteiger partial charge in [0.2, 0.25) is 5.88 Å². The molecule has 3 unspecified atom stereocenters. The van der Waals surface area contributed by atoms with Crippen molar-refractivity contribution in [3.05, 3.63) is 42.4 Å². The number of nitrogens with zero attached hydrogens (tertiary/aromatic N) is 2. The smallest absolute Gasteiger partial charge is 0.213 e. The molecule has 2 aromatic heterocycles. The number of methoxy groups -OCH3 is 1. The van der Waals surface area contributed by atoms with Gasteiger partial charge in [0.05, 0.1) is 7.11 Å². The van der Waals surface area contributed by atoms with Crippen molar-refractivity contribution in [1.82, 2.24) is 15.3 Å². The van der Waals surface area contributed by atoms with Crippen LogP contribution in [0.15, 0.2) is 36.8 Å². The van der Waals surface area contributed by atoms with Gasteiger partial charge in [0, 0.05) is 48.2 Å². The lowest BCUT2D eigenvalue weighted by Gasteiger charge is -2.20. The van der Waals surface area contributed by atoms with E-state index in [2.05, 4.69) is 21.4 Å². The molecule has 4 heterocycles. The Kier molecular flexibility index (Phi) is 3.11. The highest BCUT2D eigenvalue weighted by atomic mass is 16.5. The zero-order valence-corrected chi connectivity index (χ0v) is 12.1. The van der Waals surface area contributed by atoms with E-state index in [0.29, 0.717) is 23.9 Å². The second-order valence-corrected chi connectivity index (χ2v) is 5.98. The van der Waals surface area contributed by atoms with Crippen molar-refractivity contribution >= 4 is 0 Å². The molecule has 0 radical (unpaired) electrons. The van der Waals surface area contributed by atoms with Gasteiger partial charge < -0.3 is 10.1 Å². The van der Waals surface area contributed by atoms with Gasteiger partial charge in [-0.3, -0.25) is 4.98 Å². The summed E-state index contributed by atoms with van der Waals surface area (Å²) in [4.78, 5) is 8.62. The lowest BCUT2D eigenvalue weighted by molar-refractivity contribution is 0.398. The molecule has 0 amide bonds. The molecular formula is C17H19N3O. The van der Waals surface area contributed by atoms with E-state index in [1.54, 1.807) is 13.3 Å². The fourth-order valence-electron chi connectivity index (χ4n) is 3.71. The van der Waals surface area contributed by atoms with Crippen LogP contribution in [0, 0.1) is 0 Å². The molecule has 2 aromatic rings. The normalized spacial score (nSPS) is 27.0. The van der Waals surface area contributed by atoms with Gasteiger partial charge in [0.1, 0.15) is 0 Å². The van der Waals surface area contributed by atoms with Crippen LogP contribution < -0.4 is 10.1 Å². The standard InChI is InChI=1S/C17H19N3O/c1-21-17-7-11(4-5-19-17)12-6-13(10-18-9-12)15-8-14-2-3-16(15)20-14/h4-7,9-10,14-16,20H,2-3,8H2,1H3. The highest BCUT2D eigenvalue weighted by molar-refractivity contribution is 5.64. The zero-order valence-electron chi connectivity index (χ0n) is 12.1. The van der Waals surface area contributed by atoms with E-state index >= 15 is 0 Å². The summed E-state index contributed by atoms with van der Waals surface area (Å²) in [6.07, 6.45) is 9.59. The van der Waals surface area contributed by atoms with Gasteiger partial charge in [-0.15, -0.1) is 0 Å². The Morgan fingerprint density at radius 3 is 2.90 bits per heavy atom. The van der Waals surface area contributed by atoms with Gasteiger partial charge >= 0.3 is 0 Å². The predicted molar refractivity (Wildman–Crippen MR) is 81.3 cm³/mol. The molecule has 2 bridgehead atoms. The maximum Gasteiger partial charge on any atom is 0.213 e. The van der Waals surface area contributed by atoms with Crippen LogP contribution in [0.2, 0.25) is 0 Å². The third-order valence-corrected chi connectivity index (χ3v) is 4.76. The summed E-state index contributed by atoms with van der Waals surface area (Å²) in [5.41, 5.74) is 3.59. The Balaban J connectivity index is 1.66. The number of pyridine rings is 2. The highest BCUT2D eigenvalue weighted by Crippen LogP contribution is 2.40. The quantitative estimate of drug-likeness (QED) is 0.939. The van der Waals surface area contributed by atoms with Crippen molar-refractivity contribution < 1.29 is 4.74 Å². The Bertz CT molecular complexity index is 658. The number of ether oxygens (including phenoxy) is 1. The Labute approximate surface area is 124 Å². The molecule has 108 valence electrons. The number of rotatable bonds is 3. The van der Waals surface area contributed by atoms with Crippen molar-refractivity contribution in [1.29, 1.82) is 0 Å². The van der Waals surface area contributed by atoms with Crippen molar-refractivity contribution in [2.75, 3.05) is 7.11 Å². The number of hydrogen-bond acceptors (Lipinski definition) is 4. The third kappa shape index (κ3) is 2.29. The molecule has 2 saturated heterocycles. The molecular weight excluding hydrogens is 262 g/mol. The minimum absolute atomic E-state index is 0.611. The summed E-state index contributed by atoms with van der Waals surface area (Å²) in [5, 5.41) is 3.70. The number of fused-ring (bicyclic) bond motifs is 2. The fraction of sp³-hybridized carbons (Fsp3) is 0.412. The Hall–Kier alpha value is -1.94. The Morgan fingerprint density at radius 1 is 1.19 bits per heavy atom. The monoisotopic (exact) mass is 281 g/mol. The average molecular weight is 281 g/mol. The second kappa shape index (κ2) is 5.11. The predicted octanol–water partition coefficient (Wildman–Crippen LogP) is 2.76. The highest BCUT2D eigenvalue weighted by Gasteiger charge is 2.39. The molecule has 0 spiro atoms. The summed E-state index contributed by atoms with van der Waals surface area (Å²) in [7, 11) is 1.64. The first-order chi connectivity index (χ1) is 10.3. The first kappa shape index (κ1) is 12.8. The SMILES string of the molecule is COc1cc(-c2cncc(C3CC4CCC3N4)c2)ccn1. The van der Waals surface area contributed by atoms with Crippen LogP contribution in [-0.4, -0.2) is 29.2 Å². The van der Waals surface area contributed by atoms with E-state index in [0.717, 1.165) is 11.1 Å². The van der Waals surface area contributed by atoms with Crippen molar-refractivity contribution in [2.45, 2.75) is 37.3 Å². The molecule has 0 saturated carbocycles. The lowest BCUT2D eigenvalue weighted by atomic mass is 9.84. The summed E-state index contributed by atoms with van der Waals surface area (Å²) in [6.45, 7) is 0. The number of aromatic nitrogens is 2. The summed E-state index contributed by atoms with van der Waals surface area (Å²) >= 11 is 0. The maximum absolute atomic E-state index is 5.21. The minimum Gasteiger partial charge on any atom is -0.481 e. The van der Waals surface area contributed by atoms with Gasteiger partial charge in [-0.2, -0.15) is 0 Å². The van der Waals surface area contributed by atoms with E-state index in [9.17, 15) is 0 Å². The topological polar surface area (TPSA) is 47.0 Å². The van der Waals surface area contributed by atoms with Gasteiger partial charge in [0.15, 0.2) is 0 Å². The average Bonchev–Trinajstić information content (AvgIpc) is 3.18. The van der Waals surface area contributed by atoms with E-state index < -0.39 is 0 Å². The van der Waals surface area contributed by atoms with Crippen molar-refractivity contribution in [3.8, 4) is 17.0 Å². The number of nitrogens with one attached hydrogen (secondary N) is 1. The summed E-state index contributed by atoms with van der Waals surface area (Å²) in [5.74, 6) is 1.25. The van der Waals surface area contributed by atoms with Crippen LogP contribution >= 0.6 is 0 Å². The molecule has 2 fully saturated rings. The van der Waals surface area contributed by atoms with Crippen molar-refractivity contribution in [2.24, 2.45) is 0 Å². The molecule has 4 heteroatoms. The molecule has 4 nitrogen and oxygen atoms in total. The first-order valence-corrected chi connectivity index (χ1v) is 7.55. The number of hydrogen-bond donors (Lipinski definition) is 1. The second-order valence-electron chi connectivity index (χ2n) is 5.98. The van der Waals surface area contributed by atoms with Crippen LogP contribution in [0.3, 0.4) is 0 Å². The Morgan fingerprint density at radius 2 is 2.14 bits per heavy atom. The van der Waals surface area contributed by atoms with Gasteiger partial charge in [-0.05, 0) is 42.5 Å². The molecule has 0 aliphatic carbocycles. The first-order valence-electron chi connectivity index (χ1n) is 7.55. The van der Waals surface area contributed by atoms with E-state index in [1.165, 1.54) is 24.8 Å². The fourth-order valence-corrected chi connectivity index (χ4v) is 3.71. The summed E-state index contributed by atoms with van der Waals surface area (Å²) in [6, 6.07) is 7.58. The summed E-state index contributed by atoms with van der Waals surface area (Å²) < 4.78 is 5.21. The van der Waals surface area contributed by atoms with Crippen LogP contribution in [0.5, 0.6) is 5.88 Å². The van der Waals surface area contributed by atoms with E-state index in [1.807, 2.05) is 24.5 Å². The van der Waals surface area contributed by atoms with E-state index in [4.69, 9.17) is 4.74 Å². The third-order valence-electron chi connectivity index (χ3n) is 4.76. The van der Waals surface area contributed by atoms with Crippen LogP contribution in [0.4, 0.5) is 0 Å². The zero-order chi connectivity index (χ0) is 14.2. The minimum atomic E-state index is 0.611.